The molecule has 0 radical (unpaired) electrons. The van der Waals surface area contributed by atoms with Crippen LogP contribution in [-0.2, 0) is 16.1 Å². The van der Waals surface area contributed by atoms with Gasteiger partial charge in [0.15, 0.2) is 0 Å². The van der Waals surface area contributed by atoms with E-state index in [9.17, 15) is 9.59 Å². The van der Waals surface area contributed by atoms with E-state index in [0.717, 1.165) is 24.3 Å². The van der Waals surface area contributed by atoms with Crippen molar-refractivity contribution in [2.24, 2.45) is 5.73 Å². The van der Waals surface area contributed by atoms with E-state index in [0.29, 0.717) is 0 Å². The fraction of sp³-hybridized carbons (Fsp3) is 0.385. The van der Waals surface area contributed by atoms with Crippen LogP contribution in [0.3, 0.4) is 0 Å². The van der Waals surface area contributed by atoms with Crippen molar-refractivity contribution in [1.29, 1.82) is 0 Å². The van der Waals surface area contributed by atoms with Crippen LogP contribution in [-0.4, -0.2) is 29.9 Å². The minimum Gasteiger partial charge on any atom is -0.369 e. The Balaban J connectivity index is 2.42. The number of carbonyl (C=O) groups is 2. The van der Waals surface area contributed by atoms with Crippen molar-refractivity contribution in [3.05, 3.63) is 29.8 Å². The Morgan fingerprint density at radius 1 is 1.32 bits per heavy atom. The number of hydrogen-bond donors (Lipinski definition) is 3. The van der Waals surface area contributed by atoms with Crippen LogP contribution in [0.25, 0.3) is 0 Å². The highest BCUT2D eigenvalue weighted by Crippen LogP contribution is 2.11. The minimum atomic E-state index is -0.412. The van der Waals surface area contributed by atoms with Crippen LogP contribution in [0.2, 0.25) is 0 Å². The summed E-state index contributed by atoms with van der Waals surface area (Å²) in [5.41, 5.74) is 6.88. The first-order valence-electron chi connectivity index (χ1n) is 6.07. The molecular weight excluding hydrogens is 262 g/mol. The van der Waals surface area contributed by atoms with Gasteiger partial charge in [-0.15, -0.1) is 11.8 Å². The van der Waals surface area contributed by atoms with Crippen molar-refractivity contribution >= 4 is 29.3 Å². The molecule has 0 spiro atoms. The molecule has 104 valence electrons. The summed E-state index contributed by atoms with van der Waals surface area (Å²) < 4.78 is 0. The molecule has 4 N–H and O–H groups in total. The van der Waals surface area contributed by atoms with Gasteiger partial charge in [-0.2, -0.15) is 0 Å². The molecule has 0 fully saturated rings. The van der Waals surface area contributed by atoms with E-state index in [-0.39, 0.29) is 17.4 Å². The lowest BCUT2D eigenvalue weighted by Gasteiger charge is -2.07. The third kappa shape index (κ3) is 6.83. The van der Waals surface area contributed by atoms with Crippen molar-refractivity contribution < 1.29 is 9.59 Å². The first-order valence-corrected chi connectivity index (χ1v) is 7.23. The number of primary amides is 1. The number of nitrogens with one attached hydrogen (secondary N) is 2. The number of anilines is 1. The van der Waals surface area contributed by atoms with Gasteiger partial charge >= 0.3 is 0 Å². The van der Waals surface area contributed by atoms with Crippen molar-refractivity contribution in [2.75, 3.05) is 23.4 Å². The molecule has 0 atom stereocenters. The molecule has 0 bridgehead atoms. The number of rotatable bonds is 8. The first kappa shape index (κ1) is 15.5. The predicted octanol–water partition coefficient (Wildman–Crippen LogP) is 0.953. The molecule has 5 nitrogen and oxygen atoms in total. The van der Waals surface area contributed by atoms with E-state index in [1.54, 1.807) is 0 Å². The minimum absolute atomic E-state index is 0.133. The fourth-order valence-electron chi connectivity index (χ4n) is 1.47. The molecule has 0 saturated carbocycles. The number of carbonyl (C=O) groups excluding carboxylic acids is 2. The lowest BCUT2D eigenvalue weighted by Crippen LogP contribution is -2.18. The summed E-state index contributed by atoms with van der Waals surface area (Å²) in [6.45, 7) is 3.72. The molecule has 0 saturated heterocycles. The van der Waals surface area contributed by atoms with Crippen LogP contribution in [0.1, 0.15) is 12.5 Å². The number of nitrogens with two attached hydrogens (primary N) is 1. The number of hydrogen-bond acceptors (Lipinski definition) is 4. The molecule has 2 amide bonds. The number of thioether (sulfide) groups is 1. The van der Waals surface area contributed by atoms with E-state index >= 15 is 0 Å². The second kappa shape index (κ2) is 8.55. The Morgan fingerprint density at radius 2 is 2.11 bits per heavy atom. The molecule has 6 heteroatoms. The van der Waals surface area contributed by atoms with Gasteiger partial charge < -0.3 is 16.4 Å². The zero-order valence-electron chi connectivity index (χ0n) is 10.9. The van der Waals surface area contributed by atoms with Gasteiger partial charge in [0.2, 0.25) is 11.8 Å². The lowest BCUT2D eigenvalue weighted by atomic mass is 10.2. The molecule has 0 heterocycles. The second-order valence-corrected chi connectivity index (χ2v) is 4.97. The van der Waals surface area contributed by atoms with Crippen molar-refractivity contribution in [2.45, 2.75) is 13.5 Å². The van der Waals surface area contributed by atoms with E-state index < -0.39 is 5.91 Å². The molecule has 1 aromatic carbocycles. The molecule has 0 aliphatic carbocycles. The summed E-state index contributed by atoms with van der Waals surface area (Å²) in [5.74, 6) is -0.161. The van der Waals surface area contributed by atoms with Crippen molar-refractivity contribution in [3.8, 4) is 0 Å². The van der Waals surface area contributed by atoms with Gasteiger partial charge in [-0.25, -0.2) is 0 Å². The van der Waals surface area contributed by atoms with Crippen LogP contribution in [0.5, 0.6) is 0 Å². The monoisotopic (exact) mass is 281 g/mol. The van der Waals surface area contributed by atoms with Gasteiger partial charge in [-0.1, -0.05) is 19.1 Å². The average Bonchev–Trinajstić information content (AvgIpc) is 2.36. The van der Waals surface area contributed by atoms with Crippen molar-refractivity contribution in [1.82, 2.24) is 5.32 Å². The summed E-state index contributed by atoms with van der Waals surface area (Å²) in [4.78, 5) is 22.2. The number of amides is 2. The van der Waals surface area contributed by atoms with E-state index in [4.69, 9.17) is 5.73 Å². The molecule has 0 aliphatic rings. The zero-order chi connectivity index (χ0) is 14.1. The van der Waals surface area contributed by atoms with Gasteiger partial charge in [0.05, 0.1) is 11.5 Å². The normalized spacial score (nSPS) is 10.2. The molecule has 1 rings (SSSR count). The third-order valence-electron chi connectivity index (χ3n) is 2.27. The van der Waals surface area contributed by atoms with Gasteiger partial charge in [-0.05, 0) is 24.2 Å². The molecule has 19 heavy (non-hydrogen) atoms. The van der Waals surface area contributed by atoms with Crippen LogP contribution in [0.15, 0.2) is 24.3 Å². The highest BCUT2D eigenvalue weighted by atomic mass is 32.2. The second-order valence-electron chi connectivity index (χ2n) is 3.99. The topological polar surface area (TPSA) is 84.2 Å². The largest absolute Gasteiger partial charge is 0.369 e. The smallest absolute Gasteiger partial charge is 0.234 e. The maximum absolute atomic E-state index is 11.6. The Kier molecular flexibility index (Phi) is 6.99. The van der Waals surface area contributed by atoms with E-state index in [2.05, 4.69) is 10.6 Å². The lowest BCUT2D eigenvalue weighted by molar-refractivity contribution is -0.115. The summed E-state index contributed by atoms with van der Waals surface area (Å²) >= 11 is 1.21. The molecule has 0 aromatic heterocycles. The van der Waals surface area contributed by atoms with Crippen molar-refractivity contribution in [3.63, 3.8) is 0 Å². The first-order chi connectivity index (χ1) is 9.11. The maximum atomic E-state index is 11.6. The van der Waals surface area contributed by atoms with Crippen LogP contribution >= 0.6 is 11.8 Å². The summed E-state index contributed by atoms with van der Waals surface area (Å²) in [6, 6.07) is 7.67. The van der Waals surface area contributed by atoms with Gasteiger partial charge in [0, 0.05) is 12.2 Å². The zero-order valence-corrected chi connectivity index (χ0v) is 11.8. The summed E-state index contributed by atoms with van der Waals surface area (Å²) in [5, 5.41) is 6.02. The predicted molar refractivity (Wildman–Crippen MR) is 79.0 cm³/mol. The summed E-state index contributed by atoms with van der Waals surface area (Å²) in [7, 11) is 0. The Bertz CT molecular complexity index is 438. The average molecular weight is 281 g/mol. The fourth-order valence-corrected chi connectivity index (χ4v) is 2.03. The molecule has 0 unspecified atom stereocenters. The van der Waals surface area contributed by atoms with Gasteiger partial charge in [-0.3, -0.25) is 9.59 Å². The van der Waals surface area contributed by atoms with Crippen LogP contribution in [0.4, 0.5) is 5.69 Å². The Morgan fingerprint density at radius 3 is 2.79 bits per heavy atom. The Hall–Kier alpha value is -1.53. The Labute approximate surface area is 117 Å². The highest BCUT2D eigenvalue weighted by Gasteiger charge is 2.04. The van der Waals surface area contributed by atoms with Gasteiger partial charge in [0.25, 0.3) is 0 Å². The summed E-state index contributed by atoms with van der Waals surface area (Å²) in [6.07, 6.45) is 0. The molecular formula is C13H19N3O2S. The van der Waals surface area contributed by atoms with Crippen LogP contribution in [0, 0.1) is 0 Å². The van der Waals surface area contributed by atoms with E-state index in [1.807, 2.05) is 31.2 Å². The third-order valence-corrected chi connectivity index (χ3v) is 3.22. The number of benzene rings is 1. The highest BCUT2D eigenvalue weighted by molar-refractivity contribution is 8.00. The quantitative estimate of drug-likeness (QED) is 0.662. The van der Waals surface area contributed by atoms with E-state index in [1.165, 1.54) is 11.8 Å². The van der Waals surface area contributed by atoms with Crippen LogP contribution < -0.4 is 16.4 Å². The standard InChI is InChI=1S/C13H19N3O2S/c1-2-15-7-10-4-3-5-11(6-10)16-13(18)9-19-8-12(14)17/h3-6,15H,2,7-9H2,1H3,(H2,14,17)(H,16,18). The maximum Gasteiger partial charge on any atom is 0.234 e. The molecule has 0 aliphatic heterocycles. The molecule has 1 aromatic rings. The van der Waals surface area contributed by atoms with Gasteiger partial charge in [0.1, 0.15) is 0 Å². The SMILES string of the molecule is CCNCc1cccc(NC(=O)CSCC(N)=O)c1.